The highest BCUT2D eigenvalue weighted by Crippen LogP contribution is 2.32. The molecule has 3 aromatic rings. The topological polar surface area (TPSA) is 121 Å². The van der Waals surface area contributed by atoms with Crippen LogP contribution in [0.2, 0.25) is 0 Å². The molecule has 0 bridgehead atoms. The van der Waals surface area contributed by atoms with E-state index in [0.717, 1.165) is 0 Å². The lowest BCUT2D eigenvalue weighted by molar-refractivity contribution is -0.0964. The number of anilines is 2. The van der Waals surface area contributed by atoms with Gasteiger partial charge in [-0.05, 0) is 30.3 Å². The molecule has 1 aliphatic rings. The summed E-state index contributed by atoms with van der Waals surface area (Å²) in [5, 5.41) is 22.5. The van der Waals surface area contributed by atoms with Crippen molar-refractivity contribution in [3.05, 3.63) is 60.8 Å². The first-order chi connectivity index (χ1) is 15.7. The van der Waals surface area contributed by atoms with Crippen molar-refractivity contribution in [2.45, 2.75) is 17.8 Å². The molecule has 172 valence electrons. The van der Waals surface area contributed by atoms with E-state index in [0.29, 0.717) is 22.6 Å². The van der Waals surface area contributed by atoms with Crippen LogP contribution in [0.5, 0.6) is 5.75 Å². The number of aliphatic hydroxyl groups excluding tert-OH is 2. The smallest absolute Gasteiger partial charge is 0.420 e. The van der Waals surface area contributed by atoms with Crippen molar-refractivity contribution in [3.63, 3.8) is 0 Å². The minimum atomic E-state index is -3.84. The van der Waals surface area contributed by atoms with Gasteiger partial charge in [-0.2, -0.15) is 0 Å². The van der Waals surface area contributed by atoms with E-state index in [1.807, 2.05) is 0 Å². The van der Waals surface area contributed by atoms with Crippen LogP contribution in [-0.2, 0) is 0 Å². The van der Waals surface area contributed by atoms with Crippen molar-refractivity contribution < 1.29 is 28.5 Å². The zero-order chi connectivity index (χ0) is 23.6. The number of aliphatic hydroxyl groups is 2. The Balaban J connectivity index is 1.58. The molecule has 2 unspecified atom stereocenters. The third-order valence-electron chi connectivity index (χ3n) is 4.90. The number of rotatable bonds is 6. The average Bonchev–Trinajstić information content (AvgIpc) is 3.12. The summed E-state index contributed by atoms with van der Waals surface area (Å²) < 4.78 is 29.7. The molecule has 1 aromatic carbocycles. The minimum Gasteiger partial charge on any atom is -0.420 e. The van der Waals surface area contributed by atoms with Gasteiger partial charge in [0.05, 0.1) is 17.8 Å². The number of ether oxygens (including phenoxy) is 1. The molecule has 9 nitrogen and oxygen atoms in total. The van der Waals surface area contributed by atoms with Crippen molar-refractivity contribution in [2.75, 3.05) is 23.3 Å². The molecule has 3 N–H and O–H groups in total. The van der Waals surface area contributed by atoms with Gasteiger partial charge in [0, 0.05) is 60.1 Å². The molecule has 2 aromatic heterocycles. The SMILES string of the molecule is O=C(Nc1ccc(OC(F)(F)Cl)cc1)c1cnc(N2CC(O)C(O)C2)c(-c2cncnc2)c1. The number of hydrogen-bond donors (Lipinski definition) is 3. The van der Waals surface area contributed by atoms with Crippen LogP contribution >= 0.6 is 11.6 Å². The Morgan fingerprint density at radius 2 is 1.76 bits per heavy atom. The van der Waals surface area contributed by atoms with Gasteiger partial charge < -0.3 is 25.2 Å². The van der Waals surface area contributed by atoms with Gasteiger partial charge >= 0.3 is 5.57 Å². The molecule has 4 rings (SSSR count). The van der Waals surface area contributed by atoms with Gasteiger partial charge in [0.15, 0.2) is 0 Å². The Kier molecular flexibility index (Phi) is 6.36. The van der Waals surface area contributed by atoms with Crippen LogP contribution < -0.4 is 15.0 Å². The summed E-state index contributed by atoms with van der Waals surface area (Å²) in [6.45, 7) is 0.354. The third-order valence-corrected chi connectivity index (χ3v) is 4.98. The summed E-state index contributed by atoms with van der Waals surface area (Å²) in [4.78, 5) is 26.9. The maximum Gasteiger partial charge on any atom is 0.487 e. The second-order valence-corrected chi connectivity index (χ2v) is 7.73. The highest BCUT2D eigenvalue weighted by molar-refractivity contribution is 6.20. The first-order valence-electron chi connectivity index (χ1n) is 9.73. The molecular weight excluding hydrogens is 460 g/mol. The van der Waals surface area contributed by atoms with E-state index < -0.39 is 23.7 Å². The Morgan fingerprint density at radius 1 is 1.12 bits per heavy atom. The Bertz CT molecular complexity index is 1120. The number of amides is 1. The molecule has 0 radical (unpaired) electrons. The number of carbonyl (C=O) groups is 1. The summed E-state index contributed by atoms with van der Waals surface area (Å²) in [7, 11) is 0. The molecule has 1 fully saturated rings. The van der Waals surface area contributed by atoms with Gasteiger partial charge in [-0.15, -0.1) is 8.78 Å². The van der Waals surface area contributed by atoms with E-state index in [9.17, 15) is 23.8 Å². The number of pyridine rings is 1. The van der Waals surface area contributed by atoms with Crippen LogP contribution in [0.3, 0.4) is 0 Å². The number of carbonyl (C=O) groups excluding carboxylic acids is 1. The number of nitrogens with zero attached hydrogens (tertiary/aromatic N) is 4. The second kappa shape index (κ2) is 9.22. The first-order valence-corrected chi connectivity index (χ1v) is 10.1. The standard InChI is InChI=1S/C21H18ClF2N5O4/c22-21(23,24)33-15-3-1-14(2-4-15)28-20(32)12-5-16(13-6-25-11-26-7-13)19(27-8-12)29-9-17(30)18(31)10-29/h1-8,11,17-18,30-31H,9-10H2,(H,28,32). The predicted molar refractivity (Wildman–Crippen MR) is 115 cm³/mol. The lowest BCUT2D eigenvalue weighted by atomic mass is 10.1. The molecule has 0 saturated carbocycles. The van der Waals surface area contributed by atoms with Gasteiger partial charge in [0.2, 0.25) is 0 Å². The van der Waals surface area contributed by atoms with Gasteiger partial charge in [0.25, 0.3) is 5.91 Å². The number of aromatic nitrogens is 3. The molecule has 2 atom stereocenters. The largest absolute Gasteiger partial charge is 0.487 e. The van der Waals surface area contributed by atoms with Crippen molar-refractivity contribution in [2.24, 2.45) is 0 Å². The van der Waals surface area contributed by atoms with E-state index in [2.05, 4.69) is 25.0 Å². The van der Waals surface area contributed by atoms with Crippen LogP contribution in [0.4, 0.5) is 20.3 Å². The molecule has 0 spiro atoms. The van der Waals surface area contributed by atoms with Crippen LogP contribution in [0.1, 0.15) is 10.4 Å². The molecular formula is C21H18ClF2N5O4. The summed E-state index contributed by atoms with van der Waals surface area (Å²) >= 11 is 4.74. The van der Waals surface area contributed by atoms with E-state index in [1.165, 1.54) is 36.8 Å². The summed E-state index contributed by atoms with van der Waals surface area (Å²) in [5.74, 6) is -0.203. The Hall–Kier alpha value is -3.41. The number of hydrogen-bond acceptors (Lipinski definition) is 8. The normalized spacial score (nSPS) is 18.3. The molecule has 1 amide bonds. The Labute approximate surface area is 191 Å². The van der Waals surface area contributed by atoms with E-state index >= 15 is 0 Å². The molecule has 0 aliphatic carbocycles. The van der Waals surface area contributed by atoms with Gasteiger partial charge in [-0.3, -0.25) is 4.79 Å². The molecule has 12 heteroatoms. The lowest BCUT2D eigenvalue weighted by Gasteiger charge is -2.20. The quantitative estimate of drug-likeness (QED) is 0.463. The number of alkyl halides is 3. The summed E-state index contributed by atoms with van der Waals surface area (Å²) in [5.41, 5.74) is -2.15. The van der Waals surface area contributed by atoms with Crippen LogP contribution in [0.15, 0.2) is 55.2 Å². The van der Waals surface area contributed by atoms with Crippen molar-refractivity contribution >= 4 is 29.0 Å². The highest BCUT2D eigenvalue weighted by Gasteiger charge is 2.32. The Morgan fingerprint density at radius 3 is 2.36 bits per heavy atom. The van der Waals surface area contributed by atoms with Crippen LogP contribution in [0, 0.1) is 0 Å². The van der Waals surface area contributed by atoms with Gasteiger partial charge in [0.1, 0.15) is 17.9 Å². The third kappa shape index (κ3) is 5.51. The number of benzene rings is 1. The zero-order valence-electron chi connectivity index (χ0n) is 16.9. The molecule has 1 aliphatic heterocycles. The fraction of sp³-hybridized carbons (Fsp3) is 0.238. The maximum atomic E-state index is 12.8. The van der Waals surface area contributed by atoms with Crippen molar-refractivity contribution in [1.29, 1.82) is 0 Å². The van der Waals surface area contributed by atoms with Gasteiger partial charge in [-0.1, -0.05) is 0 Å². The fourth-order valence-corrected chi connectivity index (χ4v) is 3.46. The zero-order valence-corrected chi connectivity index (χ0v) is 17.7. The average molecular weight is 478 g/mol. The summed E-state index contributed by atoms with van der Waals surface area (Å²) in [6.07, 6.45) is 4.01. The number of halogens is 3. The maximum absolute atomic E-state index is 12.8. The monoisotopic (exact) mass is 477 g/mol. The fourth-order valence-electron chi connectivity index (χ4n) is 3.37. The second-order valence-electron chi connectivity index (χ2n) is 7.29. The van der Waals surface area contributed by atoms with Crippen molar-refractivity contribution in [3.8, 4) is 16.9 Å². The minimum absolute atomic E-state index is 0.166. The van der Waals surface area contributed by atoms with E-state index in [-0.39, 0.29) is 24.4 Å². The van der Waals surface area contributed by atoms with E-state index in [4.69, 9.17) is 11.6 Å². The summed E-state index contributed by atoms with van der Waals surface area (Å²) in [6, 6.07) is 6.85. The predicted octanol–water partition coefficient (Wildman–Crippen LogP) is 2.50. The molecule has 33 heavy (non-hydrogen) atoms. The van der Waals surface area contributed by atoms with E-state index in [1.54, 1.807) is 23.4 Å². The van der Waals surface area contributed by atoms with Crippen LogP contribution in [0.25, 0.3) is 11.1 Å². The van der Waals surface area contributed by atoms with Crippen LogP contribution in [-0.4, -0.2) is 61.9 Å². The van der Waals surface area contributed by atoms with Gasteiger partial charge in [-0.25, -0.2) is 15.0 Å². The number of nitrogens with one attached hydrogen (secondary N) is 1. The highest BCUT2D eigenvalue weighted by atomic mass is 35.5. The molecule has 1 saturated heterocycles. The molecule has 3 heterocycles. The lowest BCUT2D eigenvalue weighted by Crippen LogP contribution is -2.23. The van der Waals surface area contributed by atoms with Crippen molar-refractivity contribution in [1.82, 2.24) is 15.0 Å². The first kappa shape index (κ1) is 22.8. The number of β-amino-alcohol motifs (C(OH)–C–C–N with tert-alkyl or cyclic N) is 2.